The van der Waals surface area contributed by atoms with Crippen molar-refractivity contribution in [2.24, 2.45) is 0 Å². The van der Waals surface area contributed by atoms with Gasteiger partial charge in [0.25, 0.3) is 0 Å². The fraction of sp³-hybridized carbons (Fsp3) is 0.385. The number of nitrogens with zero attached hydrogens (tertiary/aromatic N) is 3. The first kappa shape index (κ1) is 17.5. The van der Waals surface area contributed by atoms with Gasteiger partial charge >= 0.3 is 7.60 Å². The molecule has 11 nitrogen and oxygen atoms in total. The van der Waals surface area contributed by atoms with Gasteiger partial charge < -0.3 is 40.2 Å². The van der Waals surface area contributed by atoms with Crippen LogP contribution in [0, 0.1) is 0 Å². The molecular formula is C13H19N6O5P. The summed E-state index contributed by atoms with van der Waals surface area (Å²) in [6.45, 7) is 2.54. The van der Waals surface area contributed by atoms with Crippen molar-refractivity contribution in [2.75, 3.05) is 40.8 Å². The lowest BCUT2D eigenvalue weighted by Gasteiger charge is -2.22. The van der Waals surface area contributed by atoms with E-state index in [4.69, 9.17) is 24.7 Å². The van der Waals surface area contributed by atoms with Crippen LogP contribution in [0.4, 0.5) is 29.0 Å². The highest BCUT2D eigenvalue weighted by atomic mass is 31.2. The SMILES string of the molecule is C[C@H](CN1CNc2c(Nc3ccoc3)nc(N)nc21)OCP(=O)(O)O. The van der Waals surface area contributed by atoms with Gasteiger partial charge in [-0.3, -0.25) is 4.57 Å². The molecule has 0 saturated carbocycles. The Morgan fingerprint density at radius 2 is 2.36 bits per heavy atom. The van der Waals surface area contributed by atoms with E-state index in [1.54, 1.807) is 13.0 Å². The maximum absolute atomic E-state index is 10.9. The molecule has 1 aliphatic heterocycles. The van der Waals surface area contributed by atoms with E-state index in [1.165, 1.54) is 12.5 Å². The number of rotatable bonds is 7. The molecule has 2 aromatic rings. The second-order valence-electron chi connectivity index (χ2n) is 5.59. The summed E-state index contributed by atoms with van der Waals surface area (Å²) >= 11 is 0. The van der Waals surface area contributed by atoms with Gasteiger partial charge in [-0.2, -0.15) is 9.97 Å². The molecule has 0 spiro atoms. The Bertz CT molecular complexity index is 779. The van der Waals surface area contributed by atoms with Crippen LogP contribution in [0.15, 0.2) is 23.0 Å². The minimum Gasteiger partial charge on any atom is -0.470 e. The molecule has 0 aliphatic carbocycles. The van der Waals surface area contributed by atoms with E-state index >= 15 is 0 Å². The molecule has 0 saturated heterocycles. The van der Waals surface area contributed by atoms with Crippen LogP contribution < -0.4 is 21.3 Å². The summed E-state index contributed by atoms with van der Waals surface area (Å²) in [4.78, 5) is 28.1. The van der Waals surface area contributed by atoms with Gasteiger partial charge in [-0.15, -0.1) is 0 Å². The Hall–Kier alpha value is -2.33. The van der Waals surface area contributed by atoms with E-state index in [-0.39, 0.29) is 5.95 Å². The maximum Gasteiger partial charge on any atom is 0.350 e. The molecule has 3 heterocycles. The van der Waals surface area contributed by atoms with E-state index in [9.17, 15) is 4.57 Å². The van der Waals surface area contributed by atoms with Gasteiger partial charge in [-0.1, -0.05) is 0 Å². The number of hydrogen-bond acceptors (Lipinski definition) is 9. The van der Waals surface area contributed by atoms with Gasteiger partial charge in [-0.05, 0) is 13.0 Å². The van der Waals surface area contributed by atoms with E-state index in [2.05, 4.69) is 20.6 Å². The topological polar surface area (TPSA) is 159 Å². The highest BCUT2D eigenvalue weighted by Gasteiger charge is 2.27. The predicted octanol–water partition coefficient (Wildman–Crippen LogP) is 1.13. The van der Waals surface area contributed by atoms with Crippen LogP contribution >= 0.6 is 7.60 Å². The molecule has 1 atom stereocenters. The van der Waals surface area contributed by atoms with Crippen LogP contribution in [0.2, 0.25) is 0 Å². The molecule has 0 radical (unpaired) electrons. The number of hydrogen-bond donors (Lipinski definition) is 5. The van der Waals surface area contributed by atoms with Crippen LogP contribution in [0.25, 0.3) is 0 Å². The number of nitrogens with one attached hydrogen (secondary N) is 2. The van der Waals surface area contributed by atoms with E-state index in [0.717, 1.165) is 5.69 Å². The Morgan fingerprint density at radius 3 is 3.04 bits per heavy atom. The van der Waals surface area contributed by atoms with Gasteiger partial charge in [0.2, 0.25) is 5.95 Å². The molecule has 0 aromatic carbocycles. The number of nitrogens with two attached hydrogens (primary N) is 1. The van der Waals surface area contributed by atoms with Crippen molar-refractivity contribution < 1.29 is 23.5 Å². The second kappa shape index (κ2) is 6.89. The summed E-state index contributed by atoms with van der Waals surface area (Å²) in [6.07, 6.45) is 2.03. The third kappa shape index (κ3) is 4.40. The highest BCUT2D eigenvalue weighted by Crippen LogP contribution is 2.38. The highest BCUT2D eigenvalue weighted by molar-refractivity contribution is 7.51. The van der Waals surface area contributed by atoms with Gasteiger partial charge in [0.05, 0.1) is 24.7 Å². The van der Waals surface area contributed by atoms with Crippen molar-refractivity contribution in [1.29, 1.82) is 0 Å². The summed E-state index contributed by atoms with van der Waals surface area (Å²) in [7, 11) is -4.20. The minimum atomic E-state index is -4.20. The first-order chi connectivity index (χ1) is 11.8. The van der Waals surface area contributed by atoms with Crippen LogP contribution in [0.1, 0.15) is 6.92 Å². The van der Waals surface area contributed by atoms with E-state index in [0.29, 0.717) is 30.5 Å². The monoisotopic (exact) mass is 370 g/mol. The average molecular weight is 370 g/mol. The van der Waals surface area contributed by atoms with Crippen LogP contribution in [0.5, 0.6) is 0 Å². The first-order valence-corrected chi connectivity index (χ1v) is 9.23. The Kier molecular flexibility index (Phi) is 4.82. The molecule has 0 unspecified atom stereocenters. The van der Waals surface area contributed by atoms with Crippen molar-refractivity contribution in [3.05, 3.63) is 18.6 Å². The van der Waals surface area contributed by atoms with Gasteiger partial charge in [0.15, 0.2) is 11.6 Å². The first-order valence-electron chi connectivity index (χ1n) is 7.43. The minimum absolute atomic E-state index is 0.0993. The van der Waals surface area contributed by atoms with Gasteiger partial charge in [0.1, 0.15) is 18.3 Å². The zero-order valence-corrected chi connectivity index (χ0v) is 14.3. The fourth-order valence-corrected chi connectivity index (χ4v) is 2.86. The Labute approximate surface area is 143 Å². The number of ether oxygens (including phenoxy) is 1. The number of furan rings is 1. The molecule has 0 amide bonds. The molecule has 136 valence electrons. The molecular weight excluding hydrogens is 351 g/mol. The lowest BCUT2D eigenvalue weighted by Crippen LogP contribution is -2.32. The van der Waals surface area contributed by atoms with Crippen LogP contribution in [-0.4, -0.2) is 45.4 Å². The number of fused-ring (bicyclic) bond motifs is 1. The quantitative estimate of drug-likeness (QED) is 0.444. The zero-order chi connectivity index (χ0) is 18.0. The molecule has 6 N–H and O–H groups in total. The normalized spacial score (nSPS) is 14.9. The third-order valence-corrected chi connectivity index (χ3v) is 3.93. The number of anilines is 5. The lowest BCUT2D eigenvalue weighted by molar-refractivity contribution is 0.0931. The number of aromatic nitrogens is 2. The molecule has 2 aromatic heterocycles. The van der Waals surface area contributed by atoms with Gasteiger partial charge in [-0.25, -0.2) is 0 Å². The molecule has 0 fully saturated rings. The largest absolute Gasteiger partial charge is 0.470 e. The second-order valence-corrected chi connectivity index (χ2v) is 7.18. The molecule has 1 aliphatic rings. The predicted molar refractivity (Wildman–Crippen MR) is 91.7 cm³/mol. The Balaban J connectivity index is 1.73. The number of nitrogen functional groups attached to an aromatic ring is 1. The summed E-state index contributed by atoms with van der Waals surface area (Å²) in [6, 6.07) is 1.75. The van der Waals surface area contributed by atoms with Crippen molar-refractivity contribution in [2.45, 2.75) is 13.0 Å². The fourth-order valence-electron chi connectivity index (χ4n) is 2.41. The Morgan fingerprint density at radius 1 is 1.56 bits per heavy atom. The van der Waals surface area contributed by atoms with Crippen molar-refractivity contribution in [1.82, 2.24) is 9.97 Å². The third-order valence-electron chi connectivity index (χ3n) is 3.44. The van der Waals surface area contributed by atoms with Crippen LogP contribution in [-0.2, 0) is 9.30 Å². The smallest absolute Gasteiger partial charge is 0.350 e. The average Bonchev–Trinajstić information content (AvgIpc) is 3.15. The molecule has 12 heteroatoms. The van der Waals surface area contributed by atoms with Crippen molar-refractivity contribution in [3.63, 3.8) is 0 Å². The van der Waals surface area contributed by atoms with Crippen molar-refractivity contribution >= 4 is 36.6 Å². The summed E-state index contributed by atoms with van der Waals surface area (Å²) in [5, 5.41) is 6.28. The summed E-state index contributed by atoms with van der Waals surface area (Å²) < 4.78 is 21.1. The van der Waals surface area contributed by atoms with Crippen LogP contribution in [0.3, 0.4) is 0 Å². The van der Waals surface area contributed by atoms with E-state index < -0.39 is 20.0 Å². The standard InChI is InChI=1S/C13H19N6O5P/c1-8(24-7-25(20,21)22)4-19-6-15-10-11(16-9-2-3-23-5-9)17-13(14)18-12(10)19/h2-3,5,8,15H,4,6-7H2,1H3,(H2,20,21,22)(H3,14,16,17,18)/t8-/m1/s1. The van der Waals surface area contributed by atoms with E-state index in [1.807, 2.05) is 4.90 Å². The molecule has 0 bridgehead atoms. The van der Waals surface area contributed by atoms with Crippen molar-refractivity contribution in [3.8, 4) is 0 Å². The molecule has 3 rings (SSSR count). The zero-order valence-electron chi connectivity index (χ0n) is 13.4. The summed E-state index contributed by atoms with van der Waals surface area (Å²) in [5.41, 5.74) is 7.19. The molecule has 25 heavy (non-hydrogen) atoms. The summed E-state index contributed by atoms with van der Waals surface area (Å²) in [5.74, 6) is 1.20. The van der Waals surface area contributed by atoms with Gasteiger partial charge in [0, 0.05) is 6.54 Å². The maximum atomic E-state index is 10.9. The lowest BCUT2D eigenvalue weighted by atomic mass is 10.3.